The van der Waals surface area contributed by atoms with E-state index in [0.717, 1.165) is 0 Å². The Bertz CT molecular complexity index is 588. The van der Waals surface area contributed by atoms with Crippen LogP contribution in [-0.4, -0.2) is 22.4 Å². The zero-order valence-corrected chi connectivity index (χ0v) is 13.9. The molecule has 1 saturated carbocycles. The molecule has 0 radical (unpaired) electrons. The van der Waals surface area contributed by atoms with E-state index in [4.69, 9.17) is 16.3 Å². The Kier molecular flexibility index (Phi) is 4.17. The first kappa shape index (κ1) is 17.0. The van der Waals surface area contributed by atoms with Gasteiger partial charge in [0.15, 0.2) is 0 Å². The summed E-state index contributed by atoms with van der Waals surface area (Å²) < 4.78 is 19.5. The van der Waals surface area contributed by atoms with Gasteiger partial charge in [0.2, 0.25) is 0 Å². The summed E-state index contributed by atoms with van der Waals surface area (Å²) in [6, 6.07) is 4.29. The van der Waals surface area contributed by atoms with Gasteiger partial charge < -0.3 is 15.2 Å². The van der Waals surface area contributed by atoms with Crippen molar-refractivity contribution in [3.63, 3.8) is 0 Å². The number of alkyl carbamates (subject to hydrolysis) is 1. The van der Waals surface area contributed by atoms with E-state index in [1.807, 2.05) is 0 Å². The number of aliphatic hydroxyl groups is 1. The summed E-state index contributed by atoms with van der Waals surface area (Å²) in [6.45, 7) is 6.90. The molecule has 0 heterocycles. The minimum atomic E-state index is -0.986. The smallest absolute Gasteiger partial charge is 0.408 e. The first-order chi connectivity index (χ1) is 9.92. The highest BCUT2D eigenvalue weighted by molar-refractivity contribution is 6.30. The highest BCUT2D eigenvalue weighted by Crippen LogP contribution is 2.49. The Morgan fingerprint density at radius 3 is 2.45 bits per heavy atom. The van der Waals surface area contributed by atoms with Crippen LogP contribution >= 0.6 is 11.6 Å². The van der Waals surface area contributed by atoms with E-state index in [1.165, 1.54) is 12.1 Å². The molecule has 0 bridgehead atoms. The van der Waals surface area contributed by atoms with Gasteiger partial charge >= 0.3 is 6.09 Å². The Hall–Kier alpha value is -1.33. The normalized spacial score (nSPS) is 28.0. The van der Waals surface area contributed by atoms with Crippen molar-refractivity contribution in [3.8, 4) is 0 Å². The summed E-state index contributed by atoms with van der Waals surface area (Å²) >= 11 is 5.78. The molecule has 1 aliphatic rings. The third-order valence-corrected chi connectivity index (χ3v) is 3.79. The lowest BCUT2D eigenvalue weighted by Gasteiger charge is -2.52. The van der Waals surface area contributed by atoms with Crippen LogP contribution < -0.4 is 5.32 Å². The third-order valence-electron chi connectivity index (χ3n) is 3.55. The van der Waals surface area contributed by atoms with Crippen LogP contribution in [-0.2, 0) is 10.3 Å². The van der Waals surface area contributed by atoms with E-state index in [2.05, 4.69) is 5.32 Å². The molecule has 0 aromatic heterocycles. The lowest BCUT2D eigenvalue weighted by Crippen LogP contribution is -2.62. The Morgan fingerprint density at radius 1 is 1.41 bits per heavy atom. The quantitative estimate of drug-likeness (QED) is 0.869. The van der Waals surface area contributed by atoms with Gasteiger partial charge in [0, 0.05) is 23.4 Å². The number of hydrogen-bond donors (Lipinski definition) is 2. The zero-order chi connectivity index (χ0) is 16.8. The summed E-state index contributed by atoms with van der Waals surface area (Å²) in [5, 5.41) is 13.1. The molecule has 1 aliphatic carbocycles. The summed E-state index contributed by atoms with van der Waals surface area (Å²) in [5.74, 6) is -0.515. The second-order valence-corrected chi connectivity index (χ2v) is 7.62. The largest absolute Gasteiger partial charge is 0.444 e. The van der Waals surface area contributed by atoms with Crippen LogP contribution in [0.2, 0.25) is 5.02 Å². The molecule has 0 atom stereocenters. The lowest BCUT2D eigenvalue weighted by atomic mass is 9.62. The summed E-state index contributed by atoms with van der Waals surface area (Å²) in [6.07, 6.45) is -0.229. The van der Waals surface area contributed by atoms with Crippen molar-refractivity contribution in [2.75, 3.05) is 0 Å². The summed E-state index contributed by atoms with van der Waals surface area (Å²) in [7, 11) is 0. The Balaban J connectivity index is 2.28. The van der Waals surface area contributed by atoms with Crippen molar-refractivity contribution in [1.29, 1.82) is 0 Å². The van der Waals surface area contributed by atoms with Gasteiger partial charge in [-0.1, -0.05) is 17.7 Å². The van der Waals surface area contributed by atoms with Gasteiger partial charge in [-0.25, -0.2) is 9.18 Å². The standard InChI is InChI=1S/C16H21ClFNO3/c1-14(2,3)22-13(20)19-16(8-15(4,21)9-16)11-6-5-10(17)7-12(11)18/h5-7,21H,8-9H2,1-4H3,(H,19,20). The van der Waals surface area contributed by atoms with E-state index in [1.54, 1.807) is 33.8 Å². The Labute approximate surface area is 134 Å². The number of rotatable bonds is 2. The molecule has 0 aliphatic heterocycles. The van der Waals surface area contributed by atoms with Crippen molar-refractivity contribution in [1.82, 2.24) is 5.32 Å². The fourth-order valence-electron chi connectivity index (χ4n) is 2.97. The SMILES string of the molecule is CC1(O)CC(NC(=O)OC(C)(C)C)(c2ccc(Cl)cc2F)C1. The van der Waals surface area contributed by atoms with Gasteiger partial charge in [-0.05, 0) is 39.8 Å². The van der Waals surface area contributed by atoms with Gasteiger partial charge in [0.1, 0.15) is 11.4 Å². The molecule has 0 saturated heterocycles. The van der Waals surface area contributed by atoms with E-state index < -0.39 is 28.7 Å². The zero-order valence-electron chi connectivity index (χ0n) is 13.2. The fraction of sp³-hybridized carbons (Fsp3) is 0.562. The molecule has 2 N–H and O–H groups in total. The minimum absolute atomic E-state index is 0.206. The highest BCUT2D eigenvalue weighted by atomic mass is 35.5. The number of ether oxygens (including phenoxy) is 1. The van der Waals surface area contributed by atoms with E-state index in [9.17, 15) is 14.3 Å². The van der Waals surface area contributed by atoms with Crippen LogP contribution in [0.3, 0.4) is 0 Å². The minimum Gasteiger partial charge on any atom is -0.444 e. The predicted molar refractivity (Wildman–Crippen MR) is 82.3 cm³/mol. The number of hydrogen-bond acceptors (Lipinski definition) is 3. The van der Waals surface area contributed by atoms with Crippen LogP contribution in [0.4, 0.5) is 9.18 Å². The topological polar surface area (TPSA) is 58.6 Å². The number of nitrogens with one attached hydrogen (secondary N) is 1. The average molecular weight is 330 g/mol. The van der Waals surface area contributed by atoms with Gasteiger partial charge in [-0.3, -0.25) is 0 Å². The molecule has 6 heteroatoms. The number of halogens is 2. The second kappa shape index (κ2) is 5.39. The van der Waals surface area contributed by atoms with Gasteiger partial charge in [0.05, 0.1) is 11.1 Å². The summed E-state index contributed by atoms with van der Waals surface area (Å²) in [5.41, 5.74) is -2.30. The molecule has 1 amide bonds. The van der Waals surface area contributed by atoms with Crippen LogP contribution in [0.1, 0.15) is 46.1 Å². The first-order valence-corrected chi connectivity index (χ1v) is 7.49. The number of carbonyl (C=O) groups excluding carboxylic acids is 1. The van der Waals surface area contributed by atoms with E-state index in [-0.39, 0.29) is 17.9 Å². The van der Waals surface area contributed by atoms with Crippen molar-refractivity contribution in [3.05, 3.63) is 34.6 Å². The molecule has 1 aromatic carbocycles. The van der Waals surface area contributed by atoms with Crippen molar-refractivity contribution in [2.45, 2.75) is 57.3 Å². The molecular formula is C16H21ClFNO3. The van der Waals surface area contributed by atoms with Crippen LogP contribution in [0, 0.1) is 5.82 Å². The highest BCUT2D eigenvalue weighted by Gasteiger charge is 2.54. The molecule has 1 fully saturated rings. The van der Waals surface area contributed by atoms with Crippen molar-refractivity contribution < 1.29 is 19.0 Å². The van der Waals surface area contributed by atoms with E-state index >= 15 is 0 Å². The molecule has 0 spiro atoms. The summed E-state index contributed by atoms with van der Waals surface area (Å²) in [4.78, 5) is 12.1. The molecule has 22 heavy (non-hydrogen) atoms. The number of benzene rings is 1. The molecule has 0 unspecified atom stereocenters. The van der Waals surface area contributed by atoms with Crippen LogP contribution in [0.25, 0.3) is 0 Å². The van der Waals surface area contributed by atoms with Gasteiger partial charge in [-0.2, -0.15) is 0 Å². The molecule has 122 valence electrons. The van der Waals surface area contributed by atoms with Crippen molar-refractivity contribution >= 4 is 17.7 Å². The lowest BCUT2D eigenvalue weighted by molar-refractivity contribution is -0.0902. The average Bonchev–Trinajstić information content (AvgIpc) is 2.22. The van der Waals surface area contributed by atoms with Crippen LogP contribution in [0.15, 0.2) is 18.2 Å². The number of carbonyl (C=O) groups is 1. The maximum Gasteiger partial charge on any atom is 0.408 e. The fourth-order valence-corrected chi connectivity index (χ4v) is 3.13. The maximum absolute atomic E-state index is 14.2. The maximum atomic E-state index is 14.2. The molecule has 2 rings (SSSR count). The molecule has 4 nitrogen and oxygen atoms in total. The first-order valence-electron chi connectivity index (χ1n) is 7.12. The third kappa shape index (κ3) is 3.70. The molecular weight excluding hydrogens is 309 g/mol. The Morgan fingerprint density at radius 2 is 2.00 bits per heavy atom. The monoisotopic (exact) mass is 329 g/mol. The predicted octanol–water partition coefficient (Wildman–Crippen LogP) is 3.74. The van der Waals surface area contributed by atoms with E-state index in [0.29, 0.717) is 5.56 Å². The van der Waals surface area contributed by atoms with Crippen molar-refractivity contribution in [2.24, 2.45) is 0 Å². The van der Waals surface area contributed by atoms with Gasteiger partial charge in [-0.15, -0.1) is 0 Å². The van der Waals surface area contributed by atoms with Crippen LogP contribution in [0.5, 0.6) is 0 Å². The second-order valence-electron chi connectivity index (χ2n) is 7.18. The van der Waals surface area contributed by atoms with Gasteiger partial charge in [0.25, 0.3) is 0 Å². The molecule has 1 aromatic rings. The number of amides is 1.